The first-order valence-corrected chi connectivity index (χ1v) is 6.66. The second kappa shape index (κ2) is 6.25. The van der Waals surface area contributed by atoms with Crippen molar-refractivity contribution < 1.29 is 9.90 Å². The van der Waals surface area contributed by atoms with Gasteiger partial charge in [0.25, 0.3) is 5.91 Å². The second-order valence-corrected chi connectivity index (χ2v) is 5.59. The molecule has 1 rings (SSSR count). The van der Waals surface area contributed by atoms with E-state index < -0.39 is 0 Å². The van der Waals surface area contributed by atoms with Crippen molar-refractivity contribution in [2.45, 2.75) is 18.2 Å². The third-order valence-electron chi connectivity index (χ3n) is 2.13. The predicted octanol–water partition coefficient (Wildman–Crippen LogP) is 3.06. The predicted molar refractivity (Wildman–Crippen MR) is 71.1 cm³/mol. The van der Waals surface area contributed by atoms with Crippen LogP contribution in [0.2, 0.25) is 0 Å². The van der Waals surface area contributed by atoms with Crippen LogP contribution in [0.4, 0.5) is 0 Å². The maximum absolute atomic E-state index is 11.7. The summed E-state index contributed by atoms with van der Waals surface area (Å²) >= 11 is 6.68. The van der Waals surface area contributed by atoms with Crippen molar-refractivity contribution in [3.63, 3.8) is 0 Å². The average Bonchev–Trinajstić information content (AvgIpc) is 2.28. The van der Waals surface area contributed by atoms with Gasteiger partial charge in [-0.3, -0.25) is 4.79 Å². The number of phenolic OH excluding ortho intramolecular Hbond substituents is 1. The maximum atomic E-state index is 11.7. The highest BCUT2D eigenvalue weighted by atomic mass is 79.9. The van der Waals surface area contributed by atoms with Crippen molar-refractivity contribution in [2.75, 3.05) is 6.54 Å². The molecule has 0 aromatic heterocycles. The minimum Gasteiger partial charge on any atom is -0.507 e. The smallest absolute Gasteiger partial charge is 0.255 e. The molecule has 0 saturated heterocycles. The van der Waals surface area contributed by atoms with Crippen LogP contribution in [0.25, 0.3) is 0 Å². The van der Waals surface area contributed by atoms with E-state index in [-0.39, 0.29) is 22.0 Å². The molecule has 0 aliphatic heterocycles. The van der Waals surface area contributed by atoms with E-state index in [2.05, 4.69) is 37.2 Å². The lowest BCUT2D eigenvalue weighted by Crippen LogP contribution is -2.29. The third kappa shape index (κ3) is 3.79. The Kier molecular flexibility index (Phi) is 5.28. The lowest BCUT2D eigenvalue weighted by Gasteiger charge is -2.10. The largest absolute Gasteiger partial charge is 0.507 e. The normalized spacial score (nSPS) is 12.2. The number of hydrogen-bond donors (Lipinski definition) is 2. The summed E-state index contributed by atoms with van der Waals surface area (Å²) in [4.78, 5) is 12.0. The van der Waals surface area contributed by atoms with Crippen molar-refractivity contribution >= 4 is 37.8 Å². The Labute approximate surface area is 111 Å². The number of rotatable bonds is 4. The maximum Gasteiger partial charge on any atom is 0.255 e. The number of carbonyl (C=O) groups is 1. The SMILES string of the molecule is CCC(Br)CNC(=O)c1cc(Br)ccc1O. The van der Waals surface area contributed by atoms with Gasteiger partial charge in [0.15, 0.2) is 0 Å². The number of aromatic hydroxyl groups is 1. The van der Waals surface area contributed by atoms with Gasteiger partial charge >= 0.3 is 0 Å². The summed E-state index contributed by atoms with van der Waals surface area (Å²) < 4.78 is 0.765. The van der Waals surface area contributed by atoms with Gasteiger partial charge in [-0.25, -0.2) is 0 Å². The van der Waals surface area contributed by atoms with Gasteiger partial charge in [0, 0.05) is 15.8 Å². The van der Waals surface area contributed by atoms with Gasteiger partial charge in [-0.05, 0) is 24.6 Å². The molecule has 3 nitrogen and oxygen atoms in total. The molecular weight excluding hydrogens is 338 g/mol. The van der Waals surface area contributed by atoms with Crippen molar-refractivity contribution in [2.24, 2.45) is 0 Å². The van der Waals surface area contributed by atoms with Gasteiger partial charge in [-0.1, -0.05) is 38.8 Å². The molecule has 1 aromatic rings. The fraction of sp³-hybridized carbons (Fsp3) is 0.364. The summed E-state index contributed by atoms with van der Waals surface area (Å²) in [6.45, 7) is 2.57. The summed E-state index contributed by atoms with van der Waals surface area (Å²) in [5.74, 6) is -0.278. The van der Waals surface area contributed by atoms with Gasteiger partial charge in [0.2, 0.25) is 0 Å². The highest BCUT2D eigenvalue weighted by Crippen LogP contribution is 2.21. The van der Waals surface area contributed by atoms with E-state index in [0.717, 1.165) is 10.9 Å². The van der Waals surface area contributed by atoms with Crippen LogP contribution in [0.15, 0.2) is 22.7 Å². The van der Waals surface area contributed by atoms with E-state index in [1.165, 1.54) is 6.07 Å². The molecule has 1 atom stereocenters. The Bertz CT molecular complexity index is 382. The van der Waals surface area contributed by atoms with Crippen molar-refractivity contribution in [1.82, 2.24) is 5.32 Å². The van der Waals surface area contributed by atoms with Crippen LogP contribution in [-0.2, 0) is 0 Å². The van der Waals surface area contributed by atoms with Gasteiger partial charge in [-0.2, -0.15) is 0 Å². The Morgan fingerprint density at radius 3 is 2.88 bits per heavy atom. The molecular formula is C11H13Br2NO2. The fourth-order valence-corrected chi connectivity index (χ4v) is 1.66. The van der Waals surface area contributed by atoms with Crippen LogP contribution in [-0.4, -0.2) is 22.4 Å². The Morgan fingerprint density at radius 2 is 2.25 bits per heavy atom. The molecule has 0 spiro atoms. The summed E-state index contributed by atoms with van der Waals surface area (Å²) in [5.41, 5.74) is 0.283. The number of phenols is 1. The summed E-state index contributed by atoms with van der Waals surface area (Å²) in [6.07, 6.45) is 0.935. The highest BCUT2D eigenvalue weighted by Gasteiger charge is 2.12. The van der Waals surface area contributed by atoms with Crippen molar-refractivity contribution in [3.05, 3.63) is 28.2 Å². The molecule has 1 unspecified atom stereocenters. The summed E-state index contributed by atoms with van der Waals surface area (Å²) in [6, 6.07) is 4.77. The molecule has 0 aliphatic carbocycles. The van der Waals surface area contributed by atoms with Crippen LogP contribution in [0, 0.1) is 0 Å². The number of hydrogen-bond acceptors (Lipinski definition) is 2. The van der Waals surface area contributed by atoms with E-state index in [4.69, 9.17) is 0 Å². The standard InChI is InChI=1S/C11H13Br2NO2/c1-2-7(12)6-14-11(16)9-5-8(13)3-4-10(9)15/h3-5,7,15H,2,6H2,1H3,(H,14,16). The lowest BCUT2D eigenvalue weighted by molar-refractivity contribution is 0.0951. The Hall–Kier alpha value is -0.550. The summed E-state index contributed by atoms with van der Waals surface area (Å²) in [5, 5.41) is 12.3. The molecule has 1 aromatic carbocycles. The highest BCUT2D eigenvalue weighted by molar-refractivity contribution is 9.10. The minimum absolute atomic E-state index is 0.0108. The lowest BCUT2D eigenvalue weighted by atomic mass is 10.2. The Morgan fingerprint density at radius 1 is 1.56 bits per heavy atom. The van der Waals surface area contributed by atoms with Crippen LogP contribution in [0.5, 0.6) is 5.75 Å². The second-order valence-electron chi connectivity index (χ2n) is 3.38. The zero-order chi connectivity index (χ0) is 12.1. The first-order chi connectivity index (χ1) is 7.54. The topological polar surface area (TPSA) is 49.3 Å². The van der Waals surface area contributed by atoms with E-state index >= 15 is 0 Å². The number of alkyl halides is 1. The molecule has 0 saturated carbocycles. The first kappa shape index (κ1) is 13.5. The molecule has 2 N–H and O–H groups in total. The van der Waals surface area contributed by atoms with Crippen molar-refractivity contribution in [3.8, 4) is 5.75 Å². The van der Waals surface area contributed by atoms with Gasteiger partial charge in [-0.15, -0.1) is 0 Å². The number of amides is 1. The van der Waals surface area contributed by atoms with E-state index in [1.807, 2.05) is 6.92 Å². The van der Waals surface area contributed by atoms with Crippen LogP contribution < -0.4 is 5.32 Å². The van der Waals surface area contributed by atoms with Gasteiger partial charge < -0.3 is 10.4 Å². The van der Waals surface area contributed by atoms with Crippen LogP contribution >= 0.6 is 31.9 Å². The van der Waals surface area contributed by atoms with Gasteiger partial charge in [0.1, 0.15) is 5.75 Å². The molecule has 1 amide bonds. The molecule has 0 heterocycles. The quantitative estimate of drug-likeness (QED) is 0.820. The molecule has 5 heteroatoms. The molecule has 0 fully saturated rings. The van der Waals surface area contributed by atoms with E-state index in [0.29, 0.717) is 6.54 Å². The number of halogens is 2. The summed E-state index contributed by atoms with van der Waals surface area (Å²) in [7, 11) is 0. The molecule has 88 valence electrons. The van der Waals surface area contributed by atoms with Gasteiger partial charge in [0.05, 0.1) is 5.56 Å². The van der Waals surface area contributed by atoms with E-state index in [9.17, 15) is 9.90 Å². The van der Waals surface area contributed by atoms with Crippen molar-refractivity contribution in [1.29, 1.82) is 0 Å². The zero-order valence-corrected chi connectivity index (χ0v) is 12.0. The minimum atomic E-state index is -0.267. The number of carbonyl (C=O) groups excluding carboxylic acids is 1. The van der Waals surface area contributed by atoms with Crippen LogP contribution in [0.3, 0.4) is 0 Å². The molecule has 0 radical (unpaired) electrons. The van der Waals surface area contributed by atoms with E-state index in [1.54, 1.807) is 12.1 Å². The Balaban J connectivity index is 2.69. The zero-order valence-electron chi connectivity index (χ0n) is 8.84. The third-order valence-corrected chi connectivity index (χ3v) is 3.59. The monoisotopic (exact) mass is 349 g/mol. The molecule has 16 heavy (non-hydrogen) atoms. The fourth-order valence-electron chi connectivity index (χ4n) is 1.13. The molecule has 0 bridgehead atoms. The molecule has 0 aliphatic rings. The number of benzene rings is 1. The average molecular weight is 351 g/mol. The first-order valence-electron chi connectivity index (χ1n) is 4.95. The number of nitrogens with one attached hydrogen (secondary N) is 1. The van der Waals surface area contributed by atoms with Crippen LogP contribution in [0.1, 0.15) is 23.7 Å².